The average molecular weight is 328 g/mol. The van der Waals surface area contributed by atoms with Crippen LogP contribution < -0.4 is 5.73 Å². The number of nitrogen functional groups attached to an aromatic ring is 1. The van der Waals surface area contributed by atoms with Crippen molar-refractivity contribution in [2.24, 2.45) is 10.9 Å². The van der Waals surface area contributed by atoms with E-state index in [4.69, 9.17) is 10.7 Å². The van der Waals surface area contributed by atoms with E-state index in [1.165, 1.54) is 56.5 Å². The van der Waals surface area contributed by atoms with E-state index >= 15 is 0 Å². The molecule has 24 heavy (non-hydrogen) atoms. The number of nitrogens with two attached hydrogens (primary N) is 1. The molecule has 1 unspecified atom stereocenters. The first-order valence-electron chi connectivity index (χ1n) is 9.79. The number of para-hydroxylation sites is 1. The number of rotatable bonds is 4. The van der Waals surface area contributed by atoms with Crippen molar-refractivity contribution in [1.29, 1.82) is 0 Å². The molecule has 1 heterocycles. The van der Waals surface area contributed by atoms with Crippen molar-refractivity contribution in [3.05, 3.63) is 29.8 Å². The van der Waals surface area contributed by atoms with Gasteiger partial charge < -0.3 is 5.73 Å². The summed E-state index contributed by atoms with van der Waals surface area (Å²) in [6.07, 6.45) is 9.35. The zero-order valence-corrected chi connectivity index (χ0v) is 15.4. The lowest BCUT2D eigenvalue weighted by atomic mass is 9.92. The molecule has 2 aliphatic rings. The van der Waals surface area contributed by atoms with Crippen LogP contribution in [-0.4, -0.2) is 29.7 Å². The van der Waals surface area contributed by atoms with Crippen LogP contribution in [0, 0.1) is 5.92 Å². The van der Waals surface area contributed by atoms with Gasteiger partial charge in [0.1, 0.15) is 0 Å². The SMILES string of the molecule is CC(C)C(N=C1CCN(C2CCCCC2)CC1)c1ccccc1N. The molecule has 0 radical (unpaired) electrons. The molecule has 3 rings (SSSR count). The van der Waals surface area contributed by atoms with Crippen LogP contribution in [0.5, 0.6) is 0 Å². The third kappa shape index (κ3) is 4.18. The first-order valence-corrected chi connectivity index (χ1v) is 9.79. The molecule has 1 saturated heterocycles. The van der Waals surface area contributed by atoms with Gasteiger partial charge in [-0.2, -0.15) is 0 Å². The van der Waals surface area contributed by atoms with E-state index in [1.807, 2.05) is 12.1 Å². The van der Waals surface area contributed by atoms with Gasteiger partial charge in [0, 0.05) is 30.5 Å². The molecular weight excluding hydrogens is 294 g/mol. The maximum atomic E-state index is 6.21. The molecule has 0 spiro atoms. The molecule has 0 bridgehead atoms. The van der Waals surface area contributed by atoms with Gasteiger partial charge in [-0.25, -0.2) is 0 Å². The lowest BCUT2D eigenvalue weighted by molar-refractivity contribution is 0.155. The molecule has 3 nitrogen and oxygen atoms in total. The van der Waals surface area contributed by atoms with Gasteiger partial charge in [0.25, 0.3) is 0 Å². The maximum Gasteiger partial charge on any atom is 0.0791 e. The van der Waals surface area contributed by atoms with Crippen LogP contribution in [0.2, 0.25) is 0 Å². The van der Waals surface area contributed by atoms with Crippen molar-refractivity contribution >= 4 is 11.4 Å². The Kier molecular flexibility index (Phi) is 5.94. The number of aliphatic imine (C=N–C) groups is 1. The highest BCUT2D eigenvalue weighted by Crippen LogP contribution is 2.31. The van der Waals surface area contributed by atoms with E-state index in [-0.39, 0.29) is 6.04 Å². The standard InChI is InChI=1S/C21H33N3/c1-16(2)21(19-10-6-7-11-20(19)22)23-17-12-14-24(15-13-17)18-8-4-3-5-9-18/h6-7,10-11,16,18,21H,3-5,8-9,12-15,22H2,1-2H3. The molecule has 0 amide bonds. The maximum absolute atomic E-state index is 6.21. The fraction of sp³-hybridized carbons (Fsp3) is 0.667. The average Bonchev–Trinajstić information content (AvgIpc) is 2.61. The number of piperidine rings is 1. The number of hydrogen-bond acceptors (Lipinski definition) is 3. The lowest BCUT2D eigenvalue weighted by Crippen LogP contribution is -2.42. The summed E-state index contributed by atoms with van der Waals surface area (Å²) >= 11 is 0. The molecule has 1 atom stereocenters. The highest BCUT2D eigenvalue weighted by atomic mass is 15.2. The second-order valence-electron chi connectivity index (χ2n) is 7.84. The van der Waals surface area contributed by atoms with Crippen molar-refractivity contribution < 1.29 is 0 Å². The van der Waals surface area contributed by atoms with Crippen LogP contribution in [0.25, 0.3) is 0 Å². The molecule has 2 fully saturated rings. The van der Waals surface area contributed by atoms with Crippen LogP contribution in [-0.2, 0) is 0 Å². The first-order chi connectivity index (χ1) is 11.6. The fourth-order valence-corrected chi connectivity index (χ4v) is 4.28. The second-order valence-corrected chi connectivity index (χ2v) is 7.84. The van der Waals surface area contributed by atoms with Crippen molar-refractivity contribution in [2.45, 2.75) is 70.9 Å². The van der Waals surface area contributed by atoms with Crippen LogP contribution in [0.4, 0.5) is 5.69 Å². The summed E-state index contributed by atoms with van der Waals surface area (Å²) in [5, 5.41) is 0. The Morgan fingerprint density at radius 1 is 1.04 bits per heavy atom. The number of nitrogens with zero attached hydrogens (tertiary/aromatic N) is 2. The Morgan fingerprint density at radius 2 is 1.71 bits per heavy atom. The zero-order valence-electron chi connectivity index (χ0n) is 15.4. The van der Waals surface area contributed by atoms with E-state index in [0.717, 1.165) is 24.6 Å². The number of anilines is 1. The summed E-state index contributed by atoms with van der Waals surface area (Å²) in [6.45, 7) is 6.88. The summed E-state index contributed by atoms with van der Waals surface area (Å²) in [5.74, 6) is 0.471. The van der Waals surface area contributed by atoms with Gasteiger partial charge in [-0.05, 0) is 43.2 Å². The first kappa shape index (κ1) is 17.5. The Bertz CT molecular complexity index is 548. The molecular formula is C21H33N3. The van der Waals surface area contributed by atoms with E-state index in [1.54, 1.807) is 0 Å². The number of benzene rings is 1. The quantitative estimate of drug-likeness (QED) is 0.804. The highest BCUT2D eigenvalue weighted by Gasteiger charge is 2.25. The van der Waals surface area contributed by atoms with Gasteiger partial charge in [-0.15, -0.1) is 0 Å². The largest absolute Gasteiger partial charge is 0.398 e. The number of likely N-dealkylation sites (tertiary alicyclic amines) is 1. The Hall–Kier alpha value is -1.35. The fourth-order valence-electron chi connectivity index (χ4n) is 4.28. The normalized spacial score (nSPS) is 21.9. The minimum atomic E-state index is 0.197. The molecule has 2 N–H and O–H groups in total. The summed E-state index contributed by atoms with van der Waals surface area (Å²) < 4.78 is 0. The summed E-state index contributed by atoms with van der Waals surface area (Å²) in [7, 11) is 0. The van der Waals surface area contributed by atoms with Crippen molar-refractivity contribution in [3.8, 4) is 0 Å². The van der Waals surface area contributed by atoms with Crippen molar-refractivity contribution in [3.63, 3.8) is 0 Å². The van der Waals surface area contributed by atoms with E-state index in [9.17, 15) is 0 Å². The third-order valence-corrected chi connectivity index (χ3v) is 5.73. The van der Waals surface area contributed by atoms with Gasteiger partial charge in [0.2, 0.25) is 0 Å². The van der Waals surface area contributed by atoms with Crippen LogP contribution in [0.3, 0.4) is 0 Å². The molecule has 132 valence electrons. The molecule has 1 aromatic rings. The highest BCUT2D eigenvalue weighted by molar-refractivity contribution is 5.85. The zero-order chi connectivity index (χ0) is 16.9. The summed E-state index contributed by atoms with van der Waals surface area (Å²) in [6, 6.07) is 9.25. The summed E-state index contributed by atoms with van der Waals surface area (Å²) in [5.41, 5.74) is 9.66. The number of hydrogen-bond donors (Lipinski definition) is 1. The van der Waals surface area contributed by atoms with Crippen LogP contribution >= 0.6 is 0 Å². The van der Waals surface area contributed by atoms with E-state index in [0.29, 0.717) is 5.92 Å². The van der Waals surface area contributed by atoms with E-state index < -0.39 is 0 Å². The van der Waals surface area contributed by atoms with Crippen LogP contribution in [0.1, 0.15) is 70.4 Å². The molecule has 1 saturated carbocycles. The van der Waals surface area contributed by atoms with Gasteiger partial charge in [0.05, 0.1) is 6.04 Å². The monoisotopic (exact) mass is 327 g/mol. The summed E-state index contributed by atoms with van der Waals surface area (Å²) in [4.78, 5) is 7.88. The molecule has 1 aliphatic carbocycles. The molecule has 0 aromatic heterocycles. The third-order valence-electron chi connectivity index (χ3n) is 5.73. The minimum absolute atomic E-state index is 0.197. The van der Waals surface area contributed by atoms with Crippen LogP contribution in [0.15, 0.2) is 29.3 Å². The Labute approximate surface area is 147 Å². The second kappa shape index (κ2) is 8.15. The van der Waals surface area contributed by atoms with Gasteiger partial charge in [-0.3, -0.25) is 9.89 Å². The predicted octanol–water partition coefficient (Wildman–Crippen LogP) is 4.84. The lowest BCUT2D eigenvalue weighted by Gasteiger charge is -2.37. The van der Waals surface area contributed by atoms with Gasteiger partial charge in [0.15, 0.2) is 0 Å². The molecule has 1 aromatic carbocycles. The van der Waals surface area contributed by atoms with E-state index in [2.05, 4.69) is 30.9 Å². The predicted molar refractivity (Wildman–Crippen MR) is 104 cm³/mol. The van der Waals surface area contributed by atoms with Crippen molar-refractivity contribution in [1.82, 2.24) is 4.90 Å². The minimum Gasteiger partial charge on any atom is -0.398 e. The van der Waals surface area contributed by atoms with Crippen molar-refractivity contribution in [2.75, 3.05) is 18.8 Å². The smallest absolute Gasteiger partial charge is 0.0791 e. The van der Waals surface area contributed by atoms with Gasteiger partial charge in [-0.1, -0.05) is 51.3 Å². The topological polar surface area (TPSA) is 41.6 Å². The molecule has 1 aliphatic heterocycles. The van der Waals surface area contributed by atoms with Gasteiger partial charge >= 0.3 is 0 Å². The molecule has 3 heteroatoms. The Balaban J connectivity index is 1.66. The Morgan fingerprint density at radius 3 is 2.33 bits per heavy atom.